The van der Waals surface area contributed by atoms with Gasteiger partial charge in [0.05, 0.1) is 5.92 Å². The minimum Gasteiger partial charge on any atom is -0.312 e. The van der Waals surface area contributed by atoms with Crippen LogP contribution in [0.2, 0.25) is 0 Å². The first-order valence-electron chi connectivity index (χ1n) is 7.97. The molecule has 2 amide bonds. The fourth-order valence-corrected chi connectivity index (χ4v) is 3.54. The fraction of sp³-hybridized carbons (Fsp3) is 0.375. The van der Waals surface area contributed by atoms with Crippen LogP contribution >= 0.6 is 12.2 Å². The maximum Gasteiger partial charge on any atom is 0.244 e. The lowest BCUT2D eigenvalue weighted by atomic mass is 10.1. The third kappa shape index (κ3) is 2.62. The highest BCUT2D eigenvalue weighted by Crippen LogP contribution is 2.30. The monoisotopic (exact) mass is 343 g/mol. The lowest BCUT2D eigenvalue weighted by Crippen LogP contribution is -2.31. The first-order valence-corrected chi connectivity index (χ1v) is 8.38. The zero-order valence-corrected chi connectivity index (χ0v) is 13.8. The van der Waals surface area contributed by atoms with Crippen molar-refractivity contribution < 1.29 is 9.59 Å². The van der Waals surface area contributed by atoms with Gasteiger partial charge in [-0.05, 0) is 54.7 Å². The zero-order valence-electron chi connectivity index (χ0n) is 13.0. The Balaban J connectivity index is 1.49. The summed E-state index contributed by atoms with van der Waals surface area (Å²) in [6.07, 6.45) is 4.94. The summed E-state index contributed by atoms with van der Waals surface area (Å²) >= 11 is 5.00. The number of hydrogen-bond acceptors (Lipinski definition) is 4. The van der Waals surface area contributed by atoms with Crippen LogP contribution in [0.15, 0.2) is 24.5 Å². The van der Waals surface area contributed by atoms with Crippen LogP contribution in [0.4, 0.5) is 5.69 Å². The molecular formula is C16H17N5O2S. The van der Waals surface area contributed by atoms with Gasteiger partial charge in [0.25, 0.3) is 0 Å². The van der Waals surface area contributed by atoms with E-state index < -0.39 is 5.92 Å². The molecule has 0 spiro atoms. The fourth-order valence-electron chi connectivity index (χ4n) is 3.40. The number of fused-ring (bicyclic) bond motifs is 1. The van der Waals surface area contributed by atoms with Gasteiger partial charge < -0.3 is 4.90 Å². The van der Waals surface area contributed by atoms with Crippen molar-refractivity contribution in [2.24, 2.45) is 5.92 Å². The van der Waals surface area contributed by atoms with Crippen molar-refractivity contribution in [3.05, 3.63) is 40.4 Å². The van der Waals surface area contributed by atoms with Gasteiger partial charge in [-0.2, -0.15) is 5.10 Å². The standard InChI is InChI=1S/C16H17N5O2S/c22-14-7-12(15(23)19-21-9-17-18-16(21)24)8-20(14)13-5-4-10-2-1-3-11(10)6-13/h4-6,9,12H,1-3,7-8H2,(H,18,24)(H,19,23)/t12-/m0/s1. The van der Waals surface area contributed by atoms with Crippen LogP contribution < -0.4 is 10.3 Å². The first-order chi connectivity index (χ1) is 11.6. The SMILES string of the molecule is O=C(Nn1cn[nH]c1=S)[C@H]1CC(=O)N(c2ccc3c(c2)CCC3)C1. The van der Waals surface area contributed by atoms with E-state index in [-0.39, 0.29) is 18.2 Å². The van der Waals surface area contributed by atoms with E-state index in [0.717, 1.165) is 18.5 Å². The summed E-state index contributed by atoms with van der Waals surface area (Å²) in [5, 5.41) is 6.32. The lowest BCUT2D eigenvalue weighted by Gasteiger charge is -2.18. The van der Waals surface area contributed by atoms with Gasteiger partial charge in [-0.1, -0.05) is 6.07 Å². The Morgan fingerprint density at radius 2 is 2.17 bits per heavy atom. The van der Waals surface area contributed by atoms with Gasteiger partial charge >= 0.3 is 0 Å². The Labute approximate surface area is 143 Å². The van der Waals surface area contributed by atoms with Crippen molar-refractivity contribution in [2.75, 3.05) is 16.9 Å². The second-order valence-electron chi connectivity index (χ2n) is 6.22. The Morgan fingerprint density at radius 1 is 1.33 bits per heavy atom. The molecule has 1 saturated heterocycles. The minimum absolute atomic E-state index is 0.0242. The smallest absolute Gasteiger partial charge is 0.244 e. The number of carbonyl (C=O) groups excluding carboxylic acids is 2. The molecule has 8 heteroatoms. The third-order valence-electron chi connectivity index (χ3n) is 4.67. The molecule has 0 bridgehead atoms. The number of rotatable bonds is 3. The first kappa shape index (κ1) is 15.1. The van der Waals surface area contributed by atoms with E-state index in [2.05, 4.69) is 27.8 Å². The number of aryl methyl sites for hydroxylation is 2. The van der Waals surface area contributed by atoms with Crippen LogP contribution in [-0.2, 0) is 22.4 Å². The van der Waals surface area contributed by atoms with Crippen molar-refractivity contribution in [3.8, 4) is 0 Å². The van der Waals surface area contributed by atoms with Crippen molar-refractivity contribution in [1.82, 2.24) is 14.9 Å². The summed E-state index contributed by atoms with van der Waals surface area (Å²) in [6.45, 7) is 0.384. The molecule has 7 nitrogen and oxygen atoms in total. The van der Waals surface area contributed by atoms with Gasteiger partial charge in [-0.15, -0.1) is 0 Å². The summed E-state index contributed by atoms with van der Waals surface area (Å²) < 4.78 is 1.66. The number of benzene rings is 1. The molecule has 24 heavy (non-hydrogen) atoms. The molecule has 2 aromatic rings. The van der Waals surface area contributed by atoms with E-state index in [1.807, 2.05) is 6.07 Å². The second-order valence-corrected chi connectivity index (χ2v) is 6.61. The van der Waals surface area contributed by atoms with Crippen molar-refractivity contribution >= 4 is 29.7 Å². The number of nitrogens with one attached hydrogen (secondary N) is 2. The number of H-pyrrole nitrogens is 1. The highest BCUT2D eigenvalue weighted by atomic mass is 32.1. The molecule has 0 radical (unpaired) electrons. The lowest BCUT2D eigenvalue weighted by molar-refractivity contribution is -0.123. The molecule has 4 rings (SSSR count). The molecule has 1 aliphatic carbocycles. The van der Waals surface area contributed by atoms with E-state index in [1.165, 1.54) is 28.6 Å². The van der Waals surface area contributed by atoms with Gasteiger partial charge in [0, 0.05) is 18.7 Å². The van der Waals surface area contributed by atoms with E-state index >= 15 is 0 Å². The number of aromatic amines is 1. The highest BCUT2D eigenvalue weighted by Gasteiger charge is 2.35. The predicted octanol–water partition coefficient (Wildman–Crippen LogP) is 1.55. The Bertz CT molecular complexity index is 871. The molecule has 1 aliphatic heterocycles. The topological polar surface area (TPSA) is 83.0 Å². The summed E-state index contributed by atoms with van der Waals surface area (Å²) in [5.41, 5.74) is 6.24. The van der Waals surface area contributed by atoms with Gasteiger partial charge in [-0.3, -0.25) is 20.1 Å². The highest BCUT2D eigenvalue weighted by molar-refractivity contribution is 7.71. The van der Waals surface area contributed by atoms with Gasteiger partial charge in [0.2, 0.25) is 16.6 Å². The Kier molecular flexibility index (Phi) is 3.68. The summed E-state index contributed by atoms with van der Waals surface area (Å²) in [7, 11) is 0. The van der Waals surface area contributed by atoms with E-state index in [1.54, 1.807) is 4.90 Å². The van der Waals surface area contributed by atoms with Crippen LogP contribution in [-0.4, -0.2) is 33.2 Å². The molecule has 1 aromatic carbocycles. The predicted molar refractivity (Wildman–Crippen MR) is 90.7 cm³/mol. The number of carbonyl (C=O) groups is 2. The van der Waals surface area contributed by atoms with E-state index in [0.29, 0.717) is 11.3 Å². The molecule has 2 N–H and O–H groups in total. The van der Waals surface area contributed by atoms with Crippen LogP contribution in [0.1, 0.15) is 24.0 Å². The molecule has 124 valence electrons. The average molecular weight is 343 g/mol. The summed E-state index contributed by atoms with van der Waals surface area (Å²) in [6, 6.07) is 6.17. The molecule has 1 aromatic heterocycles. The second kappa shape index (κ2) is 5.86. The third-order valence-corrected chi connectivity index (χ3v) is 4.96. The van der Waals surface area contributed by atoms with Crippen LogP contribution in [0, 0.1) is 10.7 Å². The molecular weight excluding hydrogens is 326 g/mol. The van der Waals surface area contributed by atoms with E-state index in [9.17, 15) is 9.59 Å². The van der Waals surface area contributed by atoms with Crippen molar-refractivity contribution in [1.29, 1.82) is 0 Å². The van der Waals surface area contributed by atoms with Crippen molar-refractivity contribution in [3.63, 3.8) is 0 Å². The molecule has 0 saturated carbocycles. The largest absolute Gasteiger partial charge is 0.312 e. The van der Waals surface area contributed by atoms with Gasteiger partial charge in [-0.25, -0.2) is 4.68 Å². The normalized spacial score (nSPS) is 19.6. The molecule has 1 fully saturated rings. The number of amides is 2. The van der Waals surface area contributed by atoms with Crippen LogP contribution in [0.25, 0.3) is 0 Å². The Hall–Kier alpha value is -2.48. The summed E-state index contributed by atoms with van der Waals surface area (Å²) in [4.78, 5) is 26.4. The minimum atomic E-state index is -0.400. The number of nitrogens with zero attached hydrogens (tertiary/aromatic N) is 3. The molecule has 1 atom stereocenters. The molecule has 0 unspecified atom stereocenters. The molecule has 2 heterocycles. The Morgan fingerprint density at radius 3 is 2.96 bits per heavy atom. The zero-order chi connectivity index (χ0) is 16.7. The number of anilines is 1. The maximum atomic E-state index is 12.4. The maximum absolute atomic E-state index is 12.4. The number of aromatic nitrogens is 3. The van der Waals surface area contributed by atoms with Crippen molar-refractivity contribution in [2.45, 2.75) is 25.7 Å². The van der Waals surface area contributed by atoms with Gasteiger partial charge in [0.15, 0.2) is 0 Å². The van der Waals surface area contributed by atoms with Crippen LogP contribution in [0.3, 0.4) is 0 Å². The quantitative estimate of drug-likeness (QED) is 0.829. The summed E-state index contributed by atoms with van der Waals surface area (Å²) in [5.74, 6) is -0.657. The number of hydrogen-bond donors (Lipinski definition) is 2. The van der Waals surface area contributed by atoms with Crippen LogP contribution in [0.5, 0.6) is 0 Å². The van der Waals surface area contributed by atoms with E-state index in [4.69, 9.17) is 12.2 Å². The molecule has 2 aliphatic rings. The average Bonchev–Trinajstić information content (AvgIpc) is 3.27. The van der Waals surface area contributed by atoms with Gasteiger partial charge in [0.1, 0.15) is 6.33 Å².